The zero-order valence-corrected chi connectivity index (χ0v) is 41.2. The Morgan fingerprint density at radius 2 is 1.27 bits per heavy atom. The van der Waals surface area contributed by atoms with Crippen LogP contribution in [0.15, 0.2) is 101 Å². The quantitative estimate of drug-likeness (QED) is 0.0517. The van der Waals surface area contributed by atoms with Crippen molar-refractivity contribution in [3.8, 4) is 23.0 Å². The fourth-order valence-corrected chi connectivity index (χ4v) is 9.55. The molecule has 0 radical (unpaired) electrons. The number of amides is 4. The first-order valence-electron chi connectivity index (χ1n) is 24.2. The van der Waals surface area contributed by atoms with E-state index in [-0.39, 0.29) is 55.9 Å². The highest BCUT2D eigenvalue weighted by Crippen LogP contribution is 2.46. The first kappa shape index (κ1) is 49.7. The molecule has 4 heterocycles. The number of para-hydroxylation sites is 2. The second kappa shape index (κ2) is 21.6. The molecule has 0 aliphatic carbocycles. The van der Waals surface area contributed by atoms with Gasteiger partial charge in [-0.3, -0.25) is 38.9 Å². The number of aliphatic imine (C=N–C) groups is 2. The van der Waals surface area contributed by atoms with Gasteiger partial charge in [-0.25, -0.2) is 0 Å². The van der Waals surface area contributed by atoms with Gasteiger partial charge >= 0.3 is 5.97 Å². The van der Waals surface area contributed by atoms with Crippen molar-refractivity contribution in [1.29, 1.82) is 0 Å². The molecular weight excluding hydrogens is 935 g/mol. The normalized spacial score (nSPS) is 17.5. The summed E-state index contributed by atoms with van der Waals surface area (Å²) in [5.41, 5.74) is 7.48. The Kier molecular flexibility index (Phi) is 14.7. The molecule has 0 spiro atoms. The molecule has 4 amide bonds. The van der Waals surface area contributed by atoms with Crippen LogP contribution in [-0.2, 0) is 50.0 Å². The number of methoxy groups -OCH3 is 3. The summed E-state index contributed by atoms with van der Waals surface area (Å²) in [5.74, 6) is -0.628. The smallest absolute Gasteiger partial charge is 0.305 e. The summed E-state index contributed by atoms with van der Waals surface area (Å²) in [7, 11) is 4.32. The number of nitrogens with zero attached hydrogens (tertiary/aromatic N) is 4. The molecule has 73 heavy (non-hydrogen) atoms. The molecule has 5 aromatic rings. The summed E-state index contributed by atoms with van der Waals surface area (Å²) >= 11 is 0. The Labute approximate surface area is 422 Å². The van der Waals surface area contributed by atoms with Crippen LogP contribution in [0, 0.1) is 0 Å². The van der Waals surface area contributed by atoms with Crippen molar-refractivity contribution >= 4 is 70.5 Å². The molecule has 0 saturated heterocycles. The highest BCUT2D eigenvalue weighted by Gasteiger charge is 2.38. The second-order valence-corrected chi connectivity index (χ2v) is 18.3. The average molecular weight is 992 g/mol. The molecule has 18 nitrogen and oxygen atoms in total. The Bertz CT molecular complexity index is 3030. The van der Waals surface area contributed by atoms with E-state index < -0.39 is 30.1 Å². The lowest BCUT2D eigenvalue weighted by Crippen LogP contribution is -2.50. The predicted molar refractivity (Wildman–Crippen MR) is 274 cm³/mol. The number of unbranched alkanes of at least 4 members (excludes halogenated alkanes) is 1. The lowest BCUT2D eigenvalue weighted by Gasteiger charge is -2.29. The Morgan fingerprint density at radius 1 is 0.685 bits per heavy atom. The van der Waals surface area contributed by atoms with Crippen molar-refractivity contribution in [2.75, 3.05) is 36.4 Å². The molecule has 0 bridgehead atoms. The van der Waals surface area contributed by atoms with Crippen molar-refractivity contribution in [3.05, 3.63) is 124 Å². The minimum Gasteiger partial charge on any atom is -0.493 e. The van der Waals surface area contributed by atoms with Crippen LogP contribution in [0.25, 0.3) is 0 Å². The Hall–Kier alpha value is -8.25. The number of nitrogens with one attached hydrogen (secondary N) is 3. The molecule has 4 aliphatic rings. The van der Waals surface area contributed by atoms with Crippen LogP contribution in [0.3, 0.4) is 0 Å². The van der Waals surface area contributed by atoms with E-state index in [1.165, 1.54) is 35.2 Å². The van der Waals surface area contributed by atoms with Gasteiger partial charge in [0.2, 0.25) is 17.7 Å². The van der Waals surface area contributed by atoms with Gasteiger partial charge in [0, 0.05) is 72.9 Å². The zero-order valence-electron chi connectivity index (χ0n) is 41.2. The molecule has 0 saturated carbocycles. The zero-order chi connectivity index (χ0) is 51.3. The van der Waals surface area contributed by atoms with Gasteiger partial charge < -0.3 is 49.6 Å². The first-order valence-corrected chi connectivity index (χ1v) is 24.2. The number of aliphatic hydroxyl groups is 1. The number of rotatable bonds is 18. The molecule has 5 atom stereocenters. The average Bonchev–Trinajstić information content (AvgIpc) is 3.89. The van der Waals surface area contributed by atoms with Gasteiger partial charge in [0.05, 0.1) is 50.4 Å². The van der Waals surface area contributed by atoms with Gasteiger partial charge in [0.1, 0.15) is 25.3 Å². The largest absolute Gasteiger partial charge is 0.493 e. The third-order valence-corrected chi connectivity index (χ3v) is 13.3. The van der Waals surface area contributed by atoms with Gasteiger partial charge in [-0.15, -0.1) is 0 Å². The van der Waals surface area contributed by atoms with Crippen LogP contribution in [0.5, 0.6) is 23.0 Å². The topological polar surface area (TPSA) is 219 Å². The minimum absolute atomic E-state index is 0.00771. The van der Waals surface area contributed by atoms with Crippen molar-refractivity contribution in [1.82, 2.24) is 10.6 Å². The number of fused-ring (bicyclic) bond motifs is 8. The van der Waals surface area contributed by atoms with E-state index in [1.54, 1.807) is 47.5 Å². The van der Waals surface area contributed by atoms with E-state index in [4.69, 9.17) is 28.9 Å². The summed E-state index contributed by atoms with van der Waals surface area (Å²) < 4.78 is 29.0. The van der Waals surface area contributed by atoms with Gasteiger partial charge in [0.15, 0.2) is 29.2 Å². The number of hydrogen-bond acceptors (Lipinski definition) is 14. The van der Waals surface area contributed by atoms with Gasteiger partial charge in [-0.2, -0.15) is 0 Å². The van der Waals surface area contributed by atoms with Crippen LogP contribution < -0.4 is 44.7 Å². The summed E-state index contributed by atoms with van der Waals surface area (Å²) in [5, 5.41) is 20.0. The van der Waals surface area contributed by atoms with E-state index >= 15 is 0 Å². The molecule has 4 aliphatic heterocycles. The van der Waals surface area contributed by atoms with E-state index in [2.05, 4.69) is 26.8 Å². The van der Waals surface area contributed by atoms with Gasteiger partial charge in [-0.1, -0.05) is 36.4 Å². The van der Waals surface area contributed by atoms with E-state index in [0.717, 1.165) is 22.5 Å². The molecular formula is C55H57N7O11. The van der Waals surface area contributed by atoms with E-state index in [0.29, 0.717) is 88.0 Å². The third kappa shape index (κ3) is 10.7. The standard InChI is InChI=1S/C55H57N7O11/c1-31(58-50(63)16-10-11-17-51(64)71-5)52(65)59-32(2)53(66)60-37-19-33(29-72-48-25-42-40(23-46(48)69-3)54(67)61-38(27-56-42)21-35-12-6-8-14-44(35)61)18-34(20-37)30-73-49-26-43-41(24-47(49)70-4)55(68)62-39(28-57-43)22-36-13-7-9-15-45(36)62/h6-9,12-15,18-20,23-28,31-32,38-39,54,67H,10-11,16-17,21-22,29-30H2,1-5H3,(H,58,63)(H,59,65)(H,60,66)/t31-,32+,38-,39-,54?/m0/s1. The van der Waals surface area contributed by atoms with Crippen LogP contribution in [0.1, 0.15) is 83.9 Å². The molecule has 9 rings (SSSR count). The lowest BCUT2D eigenvalue weighted by atomic mass is 10.1. The van der Waals surface area contributed by atoms with Crippen molar-refractivity contribution in [2.24, 2.45) is 9.98 Å². The monoisotopic (exact) mass is 991 g/mol. The van der Waals surface area contributed by atoms with Gasteiger partial charge in [0.25, 0.3) is 5.91 Å². The Morgan fingerprint density at radius 3 is 1.97 bits per heavy atom. The number of carbonyl (C=O) groups excluding carboxylic acids is 5. The predicted octanol–water partition coefficient (Wildman–Crippen LogP) is 6.97. The lowest BCUT2D eigenvalue weighted by molar-refractivity contribution is -0.140. The highest BCUT2D eigenvalue weighted by atomic mass is 16.5. The van der Waals surface area contributed by atoms with Crippen LogP contribution in [-0.4, -0.2) is 92.6 Å². The van der Waals surface area contributed by atoms with Crippen LogP contribution in [0.4, 0.5) is 28.4 Å². The molecule has 4 N–H and O–H groups in total. The summed E-state index contributed by atoms with van der Waals surface area (Å²) in [6, 6.07) is 25.5. The number of aliphatic hydroxyl groups excluding tert-OH is 1. The summed E-state index contributed by atoms with van der Waals surface area (Å²) in [6.45, 7) is 3.02. The van der Waals surface area contributed by atoms with E-state index in [9.17, 15) is 29.1 Å². The summed E-state index contributed by atoms with van der Waals surface area (Å²) in [4.78, 5) is 78.1. The number of benzene rings is 5. The first-order chi connectivity index (χ1) is 35.3. The SMILES string of the molecule is COC(=O)CCCCC(=O)N[C@@H](C)C(=O)N[C@H](C)C(=O)Nc1cc(COc2cc3c(cc2OC)C(=O)N2c4ccccc4C[C@H]2C=N3)cc(COc2cc3c(cc2OC)C(O)N2c4ccccc4C[C@H]2C=N3)c1. The maximum atomic E-state index is 14.1. The second-order valence-electron chi connectivity index (χ2n) is 18.3. The fourth-order valence-electron chi connectivity index (χ4n) is 9.55. The molecule has 0 aromatic heterocycles. The van der Waals surface area contributed by atoms with Crippen molar-refractivity contribution in [2.45, 2.75) is 96.0 Å². The van der Waals surface area contributed by atoms with Crippen LogP contribution in [0.2, 0.25) is 0 Å². The fraction of sp³-hybridized carbons (Fsp3) is 0.327. The number of esters is 1. The number of hydrogen-bond donors (Lipinski definition) is 4. The van der Waals surface area contributed by atoms with Gasteiger partial charge in [-0.05, 0) is 91.4 Å². The van der Waals surface area contributed by atoms with Crippen molar-refractivity contribution < 1.29 is 52.8 Å². The number of anilines is 3. The van der Waals surface area contributed by atoms with Crippen molar-refractivity contribution in [3.63, 3.8) is 0 Å². The summed E-state index contributed by atoms with van der Waals surface area (Å²) in [6.07, 6.45) is 5.18. The minimum atomic E-state index is -1.02. The maximum absolute atomic E-state index is 14.1. The maximum Gasteiger partial charge on any atom is 0.305 e. The highest BCUT2D eigenvalue weighted by molar-refractivity contribution is 6.14. The number of ether oxygens (including phenoxy) is 5. The van der Waals surface area contributed by atoms with Crippen LogP contribution >= 0.6 is 0 Å². The molecule has 378 valence electrons. The molecule has 1 unspecified atom stereocenters. The third-order valence-electron chi connectivity index (χ3n) is 13.3. The molecule has 0 fully saturated rings. The Balaban J connectivity index is 0.933. The molecule has 5 aromatic carbocycles. The number of carbonyl (C=O) groups is 5. The van der Waals surface area contributed by atoms with E-state index in [1.807, 2.05) is 59.6 Å². The molecule has 18 heteroatoms.